The highest BCUT2D eigenvalue weighted by Crippen LogP contribution is 2.31. The fourth-order valence-electron chi connectivity index (χ4n) is 2.66. The van der Waals surface area contributed by atoms with Gasteiger partial charge in [-0.1, -0.05) is 6.92 Å². The summed E-state index contributed by atoms with van der Waals surface area (Å²) in [5.41, 5.74) is 6.49. The SMILES string of the molecule is CCCN1C(=O)CCC(N)C1c1cc(F)cc(F)c1. The molecule has 2 N–H and O–H groups in total. The van der Waals surface area contributed by atoms with Crippen LogP contribution < -0.4 is 5.73 Å². The van der Waals surface area contributed by atoms with Crippen molar-refractivity contribution >= 4 is 5.91 Å². The zero-order valence-electron chi connectivity index (χ0n) is 10.9. The highest BCUT2D eigenvalue weighted by molar-refractivity contribution is 5.78. The maximum atomic E-state index is 13.3. The van der Waals surface area contributed by atoms with Gasteiger partial charge in [-0.2, -0.15) is 0 Å². The highest BCUT2D eigenvalue weighted by Gasteiger charge is 2.34. The molecule has 2 atom stereocenters. The molecule has 0 radical (unpaired) electrons. The Bertz CT molecular complexity index is 458. The average molecular weight is 268 g/mol. The number of hydrogen-bond donors (Lipinski definition) is 1. The molecule has 1 heterocycles. The quantitative estimate of drug-likeness (QED) is 0.914. The molecule has 5 heteroatoms. The number of nitrogens with two attached hydrogens (primary N) is 1. The number of likely N-dealkylation sites (tertiary alicyclic amines) is 1. The van der Waals surface area contributed by atoms with Gasteiger partial charge in [0.2, 0.25) is 5.91 Å². The van der Waals surface area contributed by atoms with Gasteiger partial charge in [0, 0.05) is 25.1 Å². The van der Waals surface area contributed by atoms with Crippen LogP contribution in [0.25, 0.3) is 0 Å². The second-order valence-electron chi connectivity index (χ2n) is 4.94. The van der Waals surface area contributed by atoms with Gasteiger partial charge in [-0.15, -0.1) is 0 Å². The molecule has 1 aromatic rings. The topological polar surface area (TPSA) is 46.3 Å². The van der Waals surface area contributed by atoms with Crippen LogP contribution in [-0.2, 0) is 4.79 Å². The fraction of sp³-hybridized carbons (Fsp3) is 0.500. The fourth-order valence-corrected chi connectivity index (χ4v) is 2.66. The lowest BCUT2D eigenvalue weighted by molar-refractivity contribution is -0.137. The third kappa shape index (κ3) is 2.92. The normalized spacial score (nSPS) is 23.8. The van der Waals surface area contributed by atoms with E-state index in [1.54, 1.807) is 4.90 Å². The number of benzene rings is 1. The van der Waals surface area contributed by atoms with Crippen molar-refractivity contribution in [1.29, 1.82) is 0 Å². The van der Waals surface area contributed by atoms with Crippen molar-refractivity contribution in [2.45, 2.75) is 38.3 Å². The predicted molar refractivity (Wildman–Crippen MR) is 68.3 cm³/mol. The largest absolute Gasteiger partial charge is 0.334 e. The molecule has 1 aromatic carbocycles. The van der Waals surface area contributed by atoms with Gasteiger partial charge < -0.3 is 10.6 Å². The van der Waals surface area contributed by atoms with Crippen molar-refractivity contribution in [2.75, 3.05) is 6.54 Å². The Kier molecular flexibility index (Phi) is 4.14. The van der Waals surface area contributed by atoms with Gasteiger partial charge in [-0.25, -0.2) is 8.78 Å². The lowest BCUT2D eigenvalue weighted by Gasteiger charge is -2.40. The number of carbonyl (C=O) groups excluding carboxylic acids is 1. The molecular weight excluding hydrogens is 250 g/mol. The maximum Gasteiger partial charge on any atom is 0.223 e. The second-order valence-corrected chi connectivity index (χ2v) is 4.94. The van der Waals surface area contributed by atoms with E-state index >= 15 is 0 Å². The molecule has 2 unspecified atom stereocenters. The van der Waals surface area contributed by atoms with Crippen LogP contribution in [-0.4, -0.2) is 23.4 Å². The van der Waals surface area contributed by atoms with Crippen LogP contribution in [0.15, 0.2) is 18.2 Å². The monoisotopic (exact) mass is 268 g/mol. The third-order valence-corrected chi connectivity index (χ3v) is 3.44. The number of hydrogen-bond acceptors (Lipinski definition) is 2. The average Bonchev–Trinajstić information content (AvgIpc) is 2.33. The highest BCUT2D eigenvalue weighted by atomic mass is 19.1. The van der Waals surface area contributed by atoms with E-state index in [2.05, 4.69) is 0 Å². The first-order valence-corrected chi connectivity index (χ1v) is 6.54. The van der Waals surface area contributed by atoms with Crippen molar-refractivity contribution in [3.8, 4) is 0 Å². The molecular formula is C14H18F2N2O. The summed E-state index contributed by atoms with van der Waals surface area (Å²) in [5, 5.41) is 0. The molecule has 0 aromatic heterocycles. The maximum absolute atomic E-state index is 13.3. The van der Waals surface area contributed by atoms with Crippen LogP contribution in [0.1, 0.15) is 37.8 Å². The van der Waals surface area contributed by atoms with Crippen molar-refractivity contribution in [3.05, 3.63) is 35.4 Å². The third-order valence-electron chi connectivity index (χ3n) is 3.44. The molecule has 0 aliphatic carbocycles. The Hall–Kier alpha value is -1.49. The molecule has 0 bridgehead atoms. The van der Waals surface area contributed by atoms with Crippen LogP contribution in [0.3, 0.4) is 0 Å². The van der Waals surface area contributed by atoms with Crippen LogP contribution in [0.5, 0.6) is 0 Å². The zero-order chi connectivity index (χ0) is 14.0. The number of carbonyl (C=O) groups is 1. The summed E-state index contributed by atoms with van der Waals surface area (Å²) in [5.74, 6) is -1.29. The summed E-state index contributed by atoms with van der Waals surface area (Å²) >= 11 is 0. The zero-order valence-corrected chi connectivity index (χ0v) is 10.9. The number of halogens is 2. The number of rotatable bonds is 3. The van der Waals surface area contributed by atoms with E-state index in [1.807, 2.05) is 6.92 Å². The minimum absolute atomic E-state index is 0.00165. The molecule has 1 aliphatic rings. The number of nitrogens with zero attached hydrogens (tertiary/aromatic N) is 1. The summed E-state index contributed by atoms with van der Waals surface area (Å²) in [7, 11) is 0. The van der Waals surface area contributed by atoms with E-state index in [0.29, 0.717) is 24.9 Å². The van der Waals surface area contributed by atoms with Gasteiger partial charge in [-0.3, -0.25) is 4.79 Å². The minimum Gasteiger partial charge on any atom is -0.334 e. The molecule has 3 nitrogen and oxygen atoms in total. The Balaban J connectivity index is 2.38. The van der Waals surface area contributed by atoms with E-state index in [1.165, 1.54) is 12.1 Å². The molecule has 1 fully saturated rings. The lowest BCUT2D eigenvalue weighted by Crippen LogP contribution is -2.49. The van der Waals surface area contributed by atoms with E-state index in [9.17, 15) is 13.6 Å². The summed E-state index contributed by atoms with van der Waals surface area (Å²) in [6.07, 6.45) is 1.73. The van der Waals surface area contributed by atoms with Crippen LogP contribution >= 0.6 is 0 Å². The molecule has 19 heavy (non-hydrogen) atoms. The van der Waals surface area contributed by atoms with Crippen LogP contribution in [0.2, 0.25) is 0 Å². The summed E-state index contributed by atoms with van der Waals surface area (Å²) in [4.78, 5) is 13.6. The van der Waals surface area contributed by atoms with Crippen molar-refractivity contribution in [3.63, 3.8) is 0 Å². The molecule has 0 saturated carbocycles. The van der Waals surface area contributed by atoms with Crippen molar-refractivity contribution in [1.82, 2.24) is 4.90 Å². The molecule has 1 saturated heterocycles. The minimum atomic E-state index is -0.642. The summed E-state index contributed by atoms with van der Waals surface area (Å²) in [6, 6.07) is 2.62. The van der Waals surface area contributed by atoms with E-state index in [-0.39, 0.29) is 11.9 Å². The molecule has 0 spiro atoms. The second kappa shape index (κ2) is 5.65. The molecule has 2 rings (SSSR count). The van der Waals surface area contributed by atoms with Gasteiger partial charge in [0.15, 0.2) is 0 Å². The van der Waals surface area contributed by atoms with Crippen LogP contribution in [0.4, 0.5) is 8.78 Å². The van der Waals surface area contributed by atoms with Crippen LogP contribution in [0, 0.1) is 11.6 Å². The smallest absolute Gasteiger partial charge is 0.223 e. The first-order valence-electron chi connectivity index (χ1n) is 6.54. The van der Waals surface area contributed by atoms with Gasteiger partial charge in [-0.05, 0) is 30.5 Å². The number of piperidine rings is 1. The van der Waals surface area contributed by atoms with Crippen molar-refractivity contribution in [2.24, 2.45) is 5.73 Å². The Morgan fingerprint density at radius 3 is 2.53 bits per heavy atom. The van der Waals surface area contributed by atoms with E-state index < -0.39 is 17.7 Å². The summed E-state index contributed by atoms with van der Waals surface area (Å²) < 4.78 is 26.7. The van der Waals surface area contributed by atoms with Crippen molar-refractivity contribution < 1.29 is 13.6 Å². The lowest BCUT2D eigenvalue weighted by atomic mass is 9.90. The Morgan fingerprint density at radius 2 is 1.95 bits per heavy atom. The predicted octanol–water partition coefficient (Wildman–Crippen LogP) is 2.37. The van der Waals surface area contributed by atoms with Gasteiger partial charge in [0.1, 0.15) is 11.6 Å². The molecule has 1 aliphatic heterocycles. The van der Waals surface area contributed by atoms with E-state index in [4.69, 9.17) is 5.73 Å². The number of amides is 1. The van der Waals surface area contributed by atoms with E-state index in [0.717, 1.165) is 12.5 Å². The molecule has 1 amide bonds. The molecule has 104 valence electrons. The first-order chi connectivity index (χ1) is 9.02. The standard InChI is InChI=1S/C14H18F2N2O/c1-2-5-18-13(19)4-3-12(17)14(18)9-6-10(15)8-11(16)7-9/h6-8,12,14H,2-5,17H2,1H3. The van der Waals surface area contributed by atoms with Gasteiger partial charge in [0.05, 0.1) is 6.04 Å². The van der Waals surface area contributed by atoms with Gasteiger partial charge in [0.25, 0.3) is 0 Å². The Morgan fingerprint density at radius 1 is 1.32 bits per heavy atom. The van der Waals surface area contributed by atoms with Gasteiger partial charge >= 0.3 is 0 Å². The summed E-state index contributed by atoms with van der Waals surface area (Å²) in [6.45, 7) is 2.51. The Labute approximate surface area is 111 Å². The first kappa shape index (κ1) is 13.9.